The normalized spacial score (nSPS) is 11.1. The first-order chi connectivity index (χ1) is 8.54. The maximum atomic E-state index is 10.7. The van der Waals surface area contributed by atoms with E-state index in [9.17, 15) is 4.79 Å². The number of hydrogen-bond donors (Lipinski definition) is 1. The Balaban J connectivity index is 2.52. The highest BCUT2D eigenvalue weighted by Gasteiger charge is 2.13. The van der Waals surface area contributed by atoms with Gasteiger partial charge < -0.3 is 9.67 Å². The van der Waals surface area contributed by atoms with Crippen molar-refractivity contribution >= 4 is 28.6 Å². The SMILES string of the molecule is CSc1ccc2c(CCC(=O)O)c(C)n(C)c2c1. The van der Waals surface area contributed by atoms with Crippen LogP contribution in [0.5, 0.6) is 0 Å². The number of aliphatic carboxylic acids is 1. The van der Waals surface area contributed by atoms with E-state index in [1.165, 1.54) is 15.8 Å². The predicted octanol–water partition coefficient (Wildman–Crippen LogP) is 3.23. The van der Waals surface area contributed by atoms with Gasteiger partial charge in [-0.05, 0) is 37.3 Å². The zero-order valence-electron chi connectivity index (χ0n) is 10.9. The van der Waals surface area contributed by atoms with Crippen LogP contribution in [0.3, 0.4) is 0 Å². The number of hydrogen-bond acceptors (Lipinski definition) is 2. The minimum atomic E-state index is -0.743. The Labute approximate surface area is 111 Å². The first-order valence-corrected chi connectivity index (χ1v) is 7.10. The van der Waals surface area contributed by atoms with Gasteiger partial charge in [0.05, 0.1) is 0 Å². The highest BCUT2D eigenvalue weighted by atomic mass is 32.2. The molecule has 1 aromatic carbocycles. The van der Waals surface area contributed by atoms with Gasteiger partial charge in [0.2, 0.25) is 0 Å². The second-order valence-corrected chi connectivity index (χ2v) is 5.28. The lowest BCUT2D eigenvalue weighted by Gasteiger charge is -2.00. The average Bonchev–Trinajstić information content (AvgIpc) is 2.59. The topological polar surface area (TPSA) is 42.2 Å². The van der Waals surface area contributed by atoms with E-state index in [-0.39, 0.29) is 6.42 Å². The summed E-state index contributed by atoms with van der Waals surface area (Å²) in [5.41, 5.74) is 3.49. The number of aryl methyl sites for hydroxylation is 2. The summed E-state index contributed by atoms with van der Waals surface area (Å²) in [6, 6.07) is 6.36. The van der Waals surface area contributed by atoms with Gasteiger partial charge in [-0.3, -0.25) is 4.79 Å². The maximum absolute atomic E-state index is 10.7. The number of carbonyl (C=O) groups is 1. The van der Waals surface area contributed by atoms with Gasteiger partial charge in [0.25, 0.3) is 0 Å². The summed E-state index contributed by atoms with van der Waals surface area (Å²) in [5, 5.41) is 9.99. The largest absolute Gasteiger partial charge is 0.481 e. The van der Waals surface area contributed by atoms with E-state index in [1.807, 2.05) is 7.05 Å². The molecule has 0 saturated heterocycles. The van der Waals surface area contributed by atoms with E-state index in [0.717, 1.165) is 11.3 Å². The van der Waals surface area contributed by atoms with Crippen LogP contribution in [0.2, 0.25) is 0 Å². The van der Waals surface area contributed by atoms with Crippen molar-refractivity contribution in [2.75, 3.05) is 6.26 Å². The van der Waals surface area contributed by atoms with Gasteiger partial charge in [0.15, 0.2) is 0 Å². The van der Waals surface area contributed by atoms with Crippen molar-refractivity contribution in [2.45, 2.75) is 24.7 Å². The van der Waals surface area contributed by atoms with Crippen LogP contribution in [0.4, 0.5) is 0 Å². The van der Waals surface area contributed by atoms with Gasteiger partial charge >= 0.3 is 5.97 Å². The summed E-state index contributed by atoms with van der Waals surface area (Å²) in [4.78, 5) is 11.9. The number of carboxylic acid groups (broad SMARTS) is 1. The lowest BCUT2D eigenvalue weighted by atomic mass is 10.1. The van der Waals surface area contributed by atoms with Crippen LogP contribution < -0.4 is 0 Å². The number of thioether (sulfide) groups is 1. The lowest BCUT2D eigenvalue weighted by Crippen LogP contribution is -1.99. The van der Waals surface area contributed by atoms with Crippen molar-refractivity contribution in [3.63, 3.8) is 0 Å². The molecule has 1 heterocycles. The molecule has 0 spiro atoms. The van der Waals surface area contributed by atoms with Crippen LogP contribution in [0.15, 0.2) is 23.1 Å². The molecule has 0 saturated carbocycles. The van der Waals surface area contributed by atoms with Gasteiger partial charge in [-0.15, -0.1) is 11.8 Å². The molecule has 2 rings (SSSR count). The maximum Gasteiger partial charge on any atom is 0.303 e. The van der Waals surface area contributed by atoms with Crippen LogP contribution in [0.25, 0.3) is 10.9 Å². The van der Waals surface area contributed by atoms with Crippen molar-refractivity contribution in [3.8, 4) is 0 Å². The van der Waals surface area contributed by atoms with Crippen molar-refractivity contribution in [3.05, 3.63) is 29.5 Å². The van der Waals surface area contributed by atoms with Gasteiger partial charge in [-0.25, -0.2) is 0 Å². The fraction of sp³-hybridized carbons (Fsp3) is 0.357. The summed E-state index contributed by atoms with van der Waals surface area (Å²) in [5.74, 6) is -0.743. The van der Waals surface area contributed by atoms with Gasteiger partial charge in [0.1, 0.15) is 0 Å². The monoisotopic (exact) mass is 263 g/mol. The number of aromatic nitrogens is 1. The van der Waals surface area contributed by atoms with Crippen LogP contribution in [0, 0.1) is 6.92 Å². The van der Waals surface area contributed by atoms with Crippen LogP contribution in [-0.4, -0.2) is 21.9 Å². The Morgan fingerprint density at radius 1 is 1.44 bits per heavy atom. The fourth-order valence-corrected chi connectivity index (χ4v) is 2.73. The van der Waals surface area contributed by atoms with Gasteiger partial charge in [0, 0.05) is 35.0 Å². The molecule has 0 atom stereocenters. The zero-order chi connectivity index (χ0) is 13.3. The molecule has 96 valence electrons. The number of rotatable bonds is 4. The third-order valence-corrected chi connectivity index (χ3v) is 4.15. The molecule has 18 heavy (non-hydrogen) atoms. The van der Waals surface area contributed by atoms with Crippen LogP contribution in [0.1, 0.15) is 17.7 Å². The molecule has 0 amide bonds. The zero-order valence-corrected chi connectivity index (χ0v) is 11.7. The minimum Gasteiger partial charge on any atom is -0.481 e. The third kappa shape index (κ3) is 2.25. The smallest absolute Gasteiger partial charge is 0.303 e. The number of benzene rings is 1. The molecule has 0 aliphatic rings. The molecule has 4 heteroatoms. The van der Waals surface area contributed by atoms with E-state index in [2.05, 4.69) is 35.9 Å². The summed E-state index contributed by atoms with van der Waals surface area (Å²) in [6.45, 7) is 2.05. The molecule has 2 aromatic rings. The highest BCUT2D eigenvalue weighted by Crippen LogP contribution is 2.29. The Hall–Kier alpha value is -1.42. The van der Waals surface area contributed by atoms with Crippen molar-refractivity contribution in [1.82, 2.24) is 4.57 Å². The molecule has 3 nitrogen and oxygen atoms in total. The Bertz CT molecular complexity index is 601. The minimum absolute atomic E-state index is 0.185. The van der Waals surface area contributed by atoms with E-state index in [1.54, 1.807) is 11.8 Å². The van der Waals surface area contributed by atoms with E-state index < -0.39 is 5.97 Å². The average molecular weight is 263 g/mol. The van der Waals surface area contributed by atoms with E-state index >= 15 is 0 Å². The summed E-state index contributed by atoms with van der Waals surface area (Å²) >= 11 is 1.72. The molecule has 1 aromatic heterocycles. The quantitative estimate of drug-likeness (QED) is 0.861. The lowest BCUT2D eigenvalue weighted by molar-refractivity contribution is -0.136. The Morgan fingerprint density at radius 2 is 2.17 bits per heavy atom. The fourth-order valence-electron chi connectivity index (χ4n) is 2.30. The standard InChI is InChI=1S/C14H17NO2S/c1-9-11(6-7-14(16)17)12-5-4-10(18-3)8-13(12)15(9)2/h4-5,8H,6-7H2,1-3H3,(H,16,17). The van der Waals surface area contributed by atoms with Crippen molar-refractivity contribution in [1.29, 1.82) is 0 Å². The van der Waals surface area contributed by atoms with Crippen LogP contribution >= 0.6 is 11.8 Å². The molecule has 0 aliphatic heterocycles. The number of fused-ring (bicyclic) bond motifs is 1. The van der Waals surface area contributed by atoms with Crippen molar-refractivity contribution < 1.29 is 9.90 Å². The first kappa shape index (κ1) is 13.0. The third-order valence-electron chi connectivity index (χ3n) is 3.42. The predicted molar refractivity (Wildman–Crippen MR) is 75.4 cm³/mol. The summed E-state index contributed by atoms with van der Waals surface area (Å²) in [6.07, 6.45) is 2.84. The van der Waals surface area contributed by atoms with E-state index in [4.69, 9.17) is 5.11 Å². The molecule has 0 radical (unpaired) electrons. The summed E-state index contributed by atoms with van der Waals surface area (Å²) < 4.78 is 2.15. The van der Waals surface area contributed by atoms with E-state index in [0.29, 0.717) is 6.42 Å². The molecule has 1 N–H and O–H groups in total. The van der Waals surface area contributed by atoms with Gasteiger partial charge in [-0.1, -0.05) is 6.07 Å². The van der Waals surface area contributed by atoms with Gasteiger partial charge in [-0.2, -0.15) is 0 Å². The number of nitrogens with zero attached hydrogens (tertiary/aromatic N) is 1. The molecular weight excluding hydrogens is 246 g/mol. The van der Waals surface area contributed by atoms with Crippen molar-refractivity contribution in [2.24, 2.45) is 7.05 Å². The highest BCUT2D eigenvalue weighted by molar-refractivity contribution is 7.98. The molecule has 0 aliphatic carbocycles. The molecule has 0 fully saturated rings. The first-order valence-electron chi connectivity index (χ1n) is 5.88. The number of carboxylic acids is 1. The Kier molecular flexibility index (Phi) is 3.66. The molecular formula is C14H17NO2S. The Morgan fingerprint density at radius 3 is 2.78 bits per heavy atom. The summed E-state index contributed by atoms with van der Waals surface area (Å²) in [7, 11) is 2.03. The second kappa shape index (κ2) is 5.06. The molecule has 0 bridgehead atoms. The molecule has 0 unspecified atom stereocenters. The van der Waals surface area contributed by atoms with Crippen LogP contribution in [-0.2, 0) is 18.3 Å². The second-order valence-electron chi connectivity index (χ2n) is 4.40.